The van der Waals surface area contributed by atoms with E-state index in [0.29, 0.717) is 5.89 Å². The van der Waals surface area contributed by atoms with Crippen LogP contribution in [0, 0.1) is 4.84 Å². The number of H-pyrrole nitrogens is 2. The Bertz CT molecular complexity index is 1130. The Morgan fingerprint density at radius 1 is 1.26 bits per heavy atom. The van der Waals surface area contributed by atoms with E-state index in [0.717, 1.165) is 46.6 Å². The van der Waals surface area contributed by atoms with Crippen LogP contribution in [0.1, 0.15) is 0 Å². The maximum Gasteiger partial charge on any atom is 0.284 e. The van der Waals surface area contributed by atoms with Crippen LogP contribution < -0.4 is 5.32 Å². The van der Waals surface area contributed by atoms with Gasteiger partial charge in [0.25, 0.3) is 4.84 Å². The van der Waals surface area contributed by atoms with Crippen molar-refractivity contribution in [1.29, 1.82) is 0 Å². The zero-order chi connectivity index (χ0) is 18.8. The van der Waals surface area contributed by atoms with Crippen molar-refractivity contribution < 1.29 is 4.42 Å². The molecule has 0 aliphatic rings. The van der Waals surface area contributed by atoms with E-state index in [1.54, 1.807) is 12.4 Å². The Balaban J connectivity index is 1.67. The Morgan fingerprint density at radius 2 is 2.15 bits per heavy atom. The molecule has 0 saturated carbocycles. The minimum absolute atomic E-state index is 0.248. The predicted octanol–water partition coefficient (Wildman–Crippen LogP) is 3.31. The van der Waals surface area contributed by atoms with E-state index in [-0.39, 0.29) is 4.84 Å². The molecule has 138 valence electrons. The number of rotatable bonds is 6. The molecule has 27 heavy (non-hydrogen) atoms. The lowest BCUT2D eigenvalue weighted by atomic mass is 10.1. The maximum atomic E-state index is 5.45. The highest BCUT2D eigenvalue weighted by Crippen LogP contribution is 2.30. The number of fused-ring (bicyclic) bond motifs is 1. The summed E-state index contributed by atoms with van der Waals surface area (Å²) in [5, 5.41) is 11.0. The van der Waals surface area contributed by atoms with Crippen LogP contribution in [0.4, 0.5) is 5.82 Å². The molecule has 4 rings (SSSR count). The number of likely N-dealkylation sites (N-methyl/N-ethyl adjacent to an activating group) is 1. The molecule has 0 radical (unpaired) electrons. The molecule has 3 N–H and O–H groups in total. The van der Waals surface area contributed by atoms with Gasteiger partial charge in [-0.1, -0.05) is 6.07 Å². The highest BCUT2D eigenvalue weighted by atomic mass is 32.1. The third-order valence-electron chi connectivity index (χ3n) is 4.15. The van der Waals surface area contributed by atoms with Crippen LogP contribution in [0.3, 0.4) is 0 Å². The molecule has 0 atom stereocenters. The van der Waals surface area contributed by atoms with Gasteiger partial charge >= 0.3 is 0 Å². The topological polar surface area (TPSA) is 98.7 Å². The summed E-state index contributed by atoms with van der Waals surface area (Å²) in [6.07, 6.45) is 5.34. The van der Waals surface area contributed by atoms with Gasteiger partial charge in [-0.2, -0.15) is 0 Å². The van der Waals surface area contributed by atoms with Gasteiger partial charge in [0.15, 0.2) is 0 Å². The van der Waals surface area contributed by atoms with E-state index in [1.807, 2.05) is 38.5 Å². The second-order valence-corrected chi connectivity index (χ2v) is 6.77. The average molecular weight is 381 g/mol. The van der Waals surface area contributed by atoms with E-state index in [9.17, 15) is 0 Å². The van der Waals surface area contributed by atoms with Crippen molar-refractivity contribution in [3.8, 4) is 22.7 Å². The van der Waals surface area contributed by atoms with Crippen molar-refractivity contribution in [1.82, 2.24) is 30.0 Å². The molecule has 1 aromatic carbocycles. The van der Waals surface area contributed by atoms with Gasteiger partial charge in [0, 0.05) is 35.8 Å². The number of aromatic amines is 2. The highest BCUT2D eigenvalue weighted by molar-refractivity contribution is 7.71. The Labute approximate surface area is 160 Å². The molecule has 0 spiro atoms. The van der Waals surface area contributed by atoms with Gasteiger partial charge in [-0.15, -0.1) is 5.10 Å². The number of anilines is 1. The van der Waals surface area contributed by atoms with Crippen molar-refractivity contribution in [3.63, 3.8) is 0 Å². The number of hydrogen-bond donors (Lipinski definition) is 3. The summed E-state index contributed by atoms with van der Waals surface area (Å²) in [5.74, 6) is 1.20. The Hall–Kier alpha value is -3.04. The quantitative estimate of drug-likeness (QED) is 0.441. The lowest BCUT2D eigenvalue weighted by molar-refractivity contribution is 0.425. The molecule has 9 heteroatoms. The van der Waals surface area contributed by atoms with Crippen molar-refractivity contribution in [3.05, 3.63) is 41.6 Å². The zero-order valence-corrected chi connectivity index (χ0v) is 15.8. The van der Waals surface area contributed by atoms with Gasteiger partial charge in [-0.05, 0) is 38.4 Å². The summed E-state index contributed by atoms with van der Waals surface area (Å²) in [5.41, 5.74) is 3.57. The van der Waals surface area contributed by atoms with Gasteiger partial charge in [0.05, 0.1) is 23.7 Å². The fourth-order valence-corrected chi connectivity index (χ4v) is 2.92. The molecule has 0 aliphatic carbocycles. The second-order valence-electron chi connectivity index (χ2n) is 6.40. The largest absolute Gasteiger partial charge is 0.409 e. The monoisotopic (exact) mass is 381 g/mol. The molecular weight excluding hydrogens is 362 g/mol. The molecule has 0 unspecified atom stereocenters. The third-order valence-corrected chi connectivity index (χ3v) is 4.32. The number of nitrogens with zero attached hydrogens (tertiary/aromatic N) is 4. The first-order valence-corrected chi connectivity index (χ1v) is 8.89. The summed E-state index contributed by atoms with van der Waals surface area (Å²) < 4.78 is 5.45. The van der Waals surface area contributed by atoms with Crippen LogP contribution in [0.5, 0.6) is 0 Å². The summed E-state index contributed by atoms with van der Waals surface area (Å²) in [6.45, 7) is 1.72. The first-order chi connectivity index (χ1) is 13.1. The summed E-state index contributed by atoms with van der Waals surface area (Å²) >= 11 is 4.97. The normalized spacial score (nSPS) is 11.4. The van der Waals surface area contributed by atoms with E-state index >= 15 is 0 Å². The summed E-state index contributed by atoms with van der Waals surface area (Å²) in [6, 6.07) is 6.06. The third kappa shape index (κ3) is 3.74. The average Bonchev–Trinajstić information content (AvgIpc) is 3.27. The lowest BCUT2D eigenvalue weighted by Crippen LogP contribution is -2.21. The lowest BCUT2D eigenvalue weighted by Gasteiger charge is -2.11. The number of benzene rings is 1. The highest BCUT2D eigenvalue weighted by Gasteiger charge is 2.12. The molecule has 8 nitrogen and oxygen atoms in total. The molecular formula is C18H19N7OS. The Kier molecular flexibility index (Phi) is 4.69. The fraction of sp³-hybridized carbons (Fsp3) is 0.222. The standard InChI is InChI=1S/C18H19N7OS/c1-25(2)6-5-20-16-10-19-9-15(22-16)11-3-4-14-12(7-11)13(8-21-14)17-23-24-18(27)26-17/h3-4,7-10,21H,5-6H2,1-2H3,(H,20,22)(H,24,27). The maximum absolute atomic E-state index is 5.45. The van der Waals surface area contributed by atoms with Gasteiger partial charge < -0.3 is 19.6 Å². The molecule has 3 heterocycles. The van der Waals surface area contributed by atoms with Crippen molar-refractivity contribution in [2.75, 3.05) is 32.5 Å². The number of aromatic nitrogens is 5. The molecule has 0 fully saturated rings. The van der Waals surface area contributed by atoms with Crippen LogP contribution in [-0.2, 0) is 0 Å². The van der Waals surface area contributed by atoms with Gasteiger partial charge in [-0.3, -0.25) is 4.98 Å². The minimum Gasteiger partial charge on any atom is -0.409 e. The molecule has 3 aromatic heterocycles. The van der Waals surface area contributed by atoms with Crippen LogP contribution in [0.25, 0.3) is 33.6 Å². The molecule has 0 bridgehead atoms. The van der Waals surface area contributed by atoms with Crippen LogP contribution in [-0.4, -0.2) is 57.2 Å². The first-order valence-electron chi connectivity index (χ1n) is 8.48. The predicted molar refractivity (Wildman–Crippen MR) is 107 cm³/mol. The van der Waals surface area contributed by atoms with Crippen LogP contribution in [0.15, 0.2) is 41.2 Å². The number of hydrogen-bond acceptors (Lipinski definition) is 7. The van der Waals surface area contributed by atoms with Crippen molar-refractivity contribution in [2.45, 2.75) is 0 Å². The van der Waals surface area contributed by atoms with Crippen molar-refractivity contribution >= 4 is 28.9 Å². The van der Waals surface area contributed by atoms with E-state index in [2.05, 4.69) is 35.4 Å². The molecule has 4 aromatic rings. The molecule has 0 amide bonds. The van der Waals surface area contributed by atoms with Gasteiger partial charge in [-0.25, -0.2) is 10.1 Å². The van der Waals surface area contributed by atoms with E-state index in [1.165, 1.54) is 0 Å². The number of nitrogens with one attached hydrogen (secondary N) is 3. The minimum atomic E-state index is 0.248. The zero-order valence-electron chi connectivity index (χ0n) is 15.0. The van der Waals surface area contributed by atoms with Crippen LogP contribution in [0.2, 0.25) is 0 Å². The smallest absolute Gasteiger partial charge is 0.284 e. The summed E-state index contributed by atoms with van der Waals surface area (Å²) in [7, 11) is 4.07. The van der Waals surface area contributed by atoms with Gasteiger partial charge in [0.1, 0.15) is 5.82 Å². The molecule has 0 saturated heterocycles. The van der Waals surface area contributed by atoms with Gasteiger partial charge in [0.2, 0.25) is 5.89 Å². The van der Waals surface area contributed by atoms with E-state index in [4.69, 9.17) is 16.6 Å². The fourth-order valence-electron chi connectivity index (χ4n) is 2.80. The van der Waals surface area contributed by atoms with Crippen molar-refractivity contribution in [2.24, 2.45) is 0 Å². The summed E-state index contributed by atoms with van der Waals surface area (Å²) in [4.78, 5) is 14.6. The SMILES string of the molecule is CN(C)CCNc1cncc(-c2ccc3[nH]cc(-c4n[nH]c(=S)o4)c3c2)n1. The second kappa shape index (κ2) is 7.29. The van der Waals surface area contributed by atoms with E-state index < -0.39 is 0 Å². The van der Waals surface area contributed by atoms with Crippen LogP contribution >= 0.6 is 12.2 Å². The molecule has 0 aliphatic heterocycles. The first kappa shape index (κ1) is 17.4. The Morgan fingerprint density at radius 3 is 2.93 bits per heavy atom.